The van der Waals surface area contributed by atoms with Crippen molar-refractivity contribution < 1.29 is 19.1 Å². The van der Waals surface area contributed by atoms with E-state index in [2.05, 4.69) is 9.13 Å². The van der Waals surface area contributed by atoms with E-state index in [9.17, 15) is 9.59 Å². The summed E-state index contributed by atoms with van der Waals surface area (Å²) in [5, 5.41) is 1.19. The fourth-order valence-corrected chi connectivity index (χ4v) is 3.46. The largest absolute Gasteiger partial charge is 0.465 e. The number of thioether (sulfide) groups is 1. The van der Waals surface area contributed by atoms with E-state index >= 15 is 0 Å². The minimum Gasteiger partial charge on any atom is -0.465 e. The van der Waals surface area contributed by atoms with E-state index in [1.54, 1.807) is 24.3 Å². The monoisotopic (exact) mass is 343 g/mol. The van der Waals surface area contributed by atoms with Crippen LogP contribution in [0.1, 0.15) is 5.56 Å². The maximum absolute atomic E-state index is 11.8. The van der Waals surface area contributed by atoms with Crippen molar-refractivity contribution >= 4 is 52.3 Å². The second-order valence-electron chi connectivity index (χ2n) is 3.74. The number of nitrogens with zero attached hydrogens (tertiary/aromatic N) is 1. The molecule has 8 heteroatoms. The van der Waals surface area contributed by atoms with Gasteiger partial charge in [0.2, 0.25) is 0 Å². The normalized spacial score (nSPS) is 14.5. The Labute approximate surface area is 134 Å². The number of ether oxygens (including phenoxy) is 2. The van der Waals surface area contributed by atoms with Crippen molar-refractivity contribution in [3.63, 3.8) is 0 Å². The van der Waals surface area contributed by atoms with Gasteiger partial charge in [-0.25, -0.2) is 14.0 Å². The van der Waals surface area contributed by atoms with E-state index < -0.39 is 11.9 Å². The number of rotatable bonds is 3. The van der Waals surface area contributed by atoms with E-state index in [4.69, 9.17) is 16.3 Å². The van der Waals surface area contributed by atoms with Gasteiger partial charge in [0, 0.05) is 22.5 Å². The third-order valence-corrected chi connectivity index (χ3v) is 4.88. The Morgan fingerprint density at radius 1 is 1.05 bits per heavy atom. The standard InChI is InChI=1S/C13H10ClNO4S2/c1-18-12(16)9-10(13(17)19-2)21-15-11(20-9)7-3-5-8(14)6-4-7/h3-6H,1-2H3. The van der Waals surface area contributed by atoms with Gasteiger partial charge in [-0.15, -0.1) is 0 Å². The summed E-state index contributed by atoms with van der Waals surface area (Å²) in [4.78, 5) is 23.8. The molecule has 0 atom stereocenters. The van der Waals surface area contributed by atoms with Crippen molar-refractivity contribution in [3.8, 4) is 0 Å². The third kappa shape index (κ3) is 3.61. The maximum atomic E-state index is 11.8. The second kappa shape index (κ2) is 7.02. The highest BCUT2D eigenvalue weighted by molar-refractivity contribution is 8.21. The SMILES string of the molecule is COC(=O)C1=C(C(=O)OC)SC(c2ccc(Cl)cc2)=NS1. The summed E-state index contributed by atoms with van der Waals surface area (Å²) in [6, 6.07) is 7.02. The summed E-state index contributed by atoms with van der Waals surface area (Å²) in [5.41, 5.74) is 0.794. The molecule has 1 heterocycles. The lowest BCUT2D eigenvalue weighted by Gasteiger charge is -2.15. The number of esters is 2. The van der Waals surface area contributed by atoms with Crippen molar-refractivity contribution in [2.45, 2.75) is 0 Å². The highest BCUT2D eigenvalue weighted by atomic mass is 35.5. The highest BCUT2D eigenvalue weighted by Gasteiger charge is 2.29. The first-order valence-electron chi connectivity index (χ1n) is 5.66. The van der Waals surface area contributed by atoms with Crippen LogP contribution < -0.4 is 0 Å². The molecule has 0 saturated carbocycles. The topological polar surface area (TPSA) is 65.0 Å². The second-order valence-corrected chi connectivity index (χ2v) is 5.95. The zero-order valence-electron chi connectivity index (χ0n) is 11.1. The van der Waals surface area contributed by atoms with E-state index in [0.717, 1.165) is 29.3 Å². The van der Waals surface area contributed by atoms with Crippen LogP contribution in [0.4, 0.5) is 0 Å². The summed E-state index contributed by atoms with van der Waals surface area (Å²) in [7, 11) is 2.50. The molecule has 0 fully saturated rings. The van der Waals surface area contributed by atoms with E-state index in [1.807, 2.05) is 0 Å². The summed E-state index contributed by atoms with van der Waals surface area (Å²) in [6.45, 7) is 0. The Morgan fingerprint density at radius 3 is 2.19 bits per heavy atom. The van der Waals surface area contributed by atoms with E-state index in [0.29, 0.717) is 10.1 Å². The average Bonchev–Trinajstić information content (AvgIpc) is 2.53. The Morgan fingerprint density at radius 2 is 1.62 bits per heavy atom. The molecule has 110 valence electrons. The highest BCUT2D eigenvalue weighted by Crippen LogP contribution is 2.38. The smallest absolute Gasteiger partial charge is 0.347 e. The van der Waals surface area contributed by atoms with Gasteiger partial charge in [-0.3, -0.25) is 0 Å². The summed E-state index contributed by atoms with van der Waals surface area (Å²) >= 11 is 7.80. The summed E-state index contributed by atoms with van der Waals surface area (Å²) < 4.78 is 13.6. The van der Waals surface area contributed by atoms with Crippen LogP contribution in [-0.4, -0.2) is 31.2 Å². The molecule has 1 aliphatic rings. The molecule has 0 saturated heterocycles. The minimum atomic E-state index is -0.619. The first-order chi connectivity index (χ1) is 10.1. The first kappa shape index (κ1) is 15.9. The van der Waals surface area contributed by atoms with Gasteiger partial charge in [0.05, 0.1) is 14.2 Å². The van der Waals surface area contributed by atoms with Crippen LogP contribution in [0.5, 0.6) is 0 Å². The van der Waals surface area contributed by atoms with Crippen LogP contribution >= 0.6 is 35.3 Å². The molecule has 0 aliphatic carbocycles. The van der Waals surface area contributed by atoms with E-state index in [-0.39, 0.29) is 9.81 Å². The Hall–Kier alpha value is -1.44. The lowest BCUT2D eigenvalue weighted by molar-refractivity contribution is -0.138. The Bertz CT molecular complexity index is 640. The minimum absolute atomic E-state index is 0.118. The molecule has 0 amide bonds. The summed E-state index contributed by atoms with van der Waals surface area (Å²) in [5.74, 6) is -1.22. The number of methoxy groups -OCH3 is 2. The maximum Gasteiger partial charge on any atom is 0.347 e. The molecule has 0 N–H and O–H groups in total. The van der Waals surface area contributed by atoms with Crippen molar-refractivity contribution in [2.75, 3.05) is 14.2 Å². The quantitative estimate of drug-likeness (QED) is 0.621. The molecule has 1 aromatic carbocycles. The van der Waals surface area contributed by atoms with Crippen molar-refractivity contribution in [2.24, 2.45) is 4.40 Å². The van der Waals surface area contributed by atoms with E-state index in [1.165, 1.54) is 14.2 Å². The van der Waals surface area contributed by atoms with Gasteiger partial charge in [-0.05, 0) is 12.1 Å². The third-order valence-electron chi connectivity index (χ3n) is 2.46. The number of halogens is 1. The van der Waals surface area contributed by atoms with Gasteiger partial charge in [0.15, 0.2) is 0 Å². The lowest BCUT2D eigenvalue weighted by Crippen LogP contribution is -2.15. The molecule has 0 unspecified atom stereocenters. The van der Waals surface area contributed by atoms with Crippen molar-refractivity contribution in [1.29, 1.82) is 0 Å². The Kier molecular flexibility index (Phi) is 5.33. The van der Waals surface area contributed by atoms with Crippen LogP contribution in [0.15, 0.2) is 38.5 Å². The predicted molar refractivity (Wildman–Crippen MR) is 84.2 cm³/mol. The first-order valence-corrected chi connectivity index (χ1v) is 7.63. The van der Waals surface area contributed by atoms with Gasteiger partial charge in [0.25, 0.3) is 0 Å². The molecule has 1 aromatic rings. The molecule has 1 aliphatic heterocycles. The van der Waals surface area contributed by atoms with Gasteiger partial charge >= 0.3 is 11.9 Å². The summed E-state index contributed by atoms with van der Waals surface area (Å²) in [6.07, 6.45) is 0. The molecule has 0 spiro atoms. The van der Waals surface area contributed by atoms with Gasteiger partial charge in [-0.2, -0.15) is 0 Å². The number of benzene rings is 1. The van der Waals surface area contributed by atoms with Crippen LogP contribution in [0, 0.1) is 0 Å². The van der Waals surface area contributed by atoms with Crippen LogP contribution in [0.25, 0.3) is 0 Å². The Balaban J connectivity index is 2.33. The molecule has 0 aromatic heterocycles. The fraction of sp³-hybridized carbons (Fsp3) is 0.154. The van der Waals surface area contributed by atoms with Gasteiger partial charge in [0.1, 0.15) is 14.9 Å². The number of hydrogen-bond donors (Lipinski definition) is 0. The zero-order valence-corrected chi connectivity index (χ0v) is 13.5. The lowest BCUT2D eigenvalue weighted by atomic mass is 10.2. The average molecular weight is 344 g/mol. The molecule has 0 bridgehead atoms. The molecule has 0 radical (unpaired) electrons. The zero-order chi connectivity index (χ0) is 15.4. The predicted octanol–water partition coefficient (Wildman–Crippen LogP) is 3.04. The molecule has 5 nitrogen and oxygen atoms in total. The van der Waals surface area contributed by atoms with Gasteiger partial charge in [-0.1, -0.05) is 35.5 Å². The molecular weight excluding hydrogens is 334 g/mol. The number of carbonyl (C=O) groups is 2. The van der Waals surface area contributed by atoms with Crippen LogP contribution in [0.2, 0.25) is 5.02 Å². The van der Waals surface area contributed by atoms with Crippen molar-refractivity contribution in [1.82, 2.24) is 0 Å². The van der Waals surface area contributed by atoms with Crippen molar-refractivity contribution in [3.05, 3.63) is 44.7 Å². The van der Waals surface area contributed by atoms with Crippen LogP contribution in [0.3, 0.4) is 0 Å². The molecule has 2 rings (SSSR count). The molecule has 21 heavy (non-hydrogen) atoms. The number of hydrogen-bond acceptors (Lipinski definition) is 7. The number of carbonyl (C=O) groups excluding carboxylic acids is 2. The van der Waals surface area contributed by atoms with Gasteiger partial charge < -0.3 is 9.47 Å². The fourth-order valence-electron chi connectivity index (χ4n) is 1.44. The van der Waals surface area contributed by atoms with Crippen LogP contribution in [-0.2, 0) is 19.1 Å². The molecular formula is C13H10ClNO4S2.